The Labute approximate surface area is 170 Å². The van der Waals surface area contributed by atoms with Gasteiger partial charge in [0.2, 0.25) is 5.91 Å². The molecule has 3 fully saturated rings. The van der Waals surface area contributed by atoms with Crippen LogP contribution in [0.5, 0.6) is 0 Å². The maximum absolute atomic E-state index is 14.8. The van der Waals surface area contributed by atoms with Crippen LogP contribution in [0.25, 0.3) is 0 Å². The first-order chi connectivity index (χ1) is 13.7. The van der Waals surface area contributed by atoms with Gasteiger partial charge >= 0.3 is 6.09 Å². The van der Waals surface area contributed by atoms with Gasteiger partial charge in [-0.05, 0) is 31.0 Å². The molecule has 160 valence electrons. The largest absolute Gasteiger partial charge is 0.442 e. The Morgan fingerprint density at radius 1 is 1.34 bits per heavy atom. The molecule has 29 heavy (non-hydrogen) atoms. The van der Waals surface area contributed by atoms with Crippen molar-refractivity contribution in [2.75, 3.05) is 47.5 Å². The Morgan fingerprint density at radius 2 is 2.03 bits per heavy atom. The number of nitrogens with zero attached hydrogens (tertiary/aromatic N) is 2. The zero-order valence-corrected chi connectivity index (χ0v) is 17.1. The lowest BCUT2D eigenvalue weighted by molar-refractivity contribution is -0.119. The molecule has 8 nitrogen and oxygen atoms in total. The minimum Gasteiger partial charge on any atom is -0.442 e. The molecule has 0 aromatic heterocycles. The first-order valence-electron chi connectivity index (χ1n) is 9.67. The molecule has 3 N–H and O–H groups in total. The van der Waals surface area contributed by atoms with Crippen molar-refractivity contribution in [2.24, 2.45) is 5.41 Å². The number of rotatable bonds is 4. The molecule has 2 amide bonds. The van der Waals surface area contributed by atoms with Crippen molar-refractivity contribution < 1.29 is 27.8 Å². The minimum atomic E-state index is -2.38. The lowest BCUT2D eigenvalue weighted by Gasteiger charge is -2.58. The van der Waals surface area contributed by atoms with Crippen LogP contribution in [0.3, 0.4) is 0 Å². The fourth-order valence-corrected chi connectivity index (χ4v) is 6.92. The molecule has 3 saturated heterocycles. The first kappa shape index (κ1) is 20.2. The van der Waals surface area contributed by atoms with E-state index in [4.69, 9.17) is 4.74 Å². The van der Waals surface area contributed by atoms with Crippen molar-refractivity contribution in [3.05, 3.63) is 24.0 Å². The highest BCUT2D eigenvalue weighted by atomic mass is 32.3. The lowest BCUT2D eigenvalue weighted by Crippen LogP contribution is -2.52. The Hall–Kier alpha value is -2.04. The van der Waals surface area contributed by atoms with Gasteiger partial charge in [-0.3, -0.25) is 18.8 Å². The van der Waals surface area contributed by atoms with Gasteiger partial charge in [-0.25, -0.2) is 9.18 Å². The number of cyclic esters (lactones) is 1. The summed E-state index contributed by atoms with van der Waals surface area (Å²) < 4.78 is 39.4. The summed E-state index contributed by atoms with van der Waals surface area (Å²) in [6.07, 6.45) is 0.597. The van der Waals surface area contributed by atoms with Crippen molar-refractivity contribution >= 4 is 34.0 Å². The molecule has 0 aliphatic carbocycles. The van der Waals surface area contributed by atoms with Crippen LogP contribution in [-0.2, 0) is 9.53 Å². The van der Waals surface area contributed by atoms with Crippen LogP contribution in [0.15, 0.2) is 18.2 Å². The number of ether oxygens (including phenoxy) is 1. The summed E-state index contributed by atoms with van der Waals surface area (Å²) in [5, 5.41) is 2.61. The number of hydrogen-bond acceptors (Lipinski definition) is 6. The van der Waals surface area contributed by atoms with E-state index in [0.717, 1.165) is 12.8 Å². The van der Waals surface area contributed by atoms with Crippen LogP contribution in [0.4, 0.5) is 20.6 Å². The molecule has 1 atom stereocenters. The highest BCUT2D eigenvalue weighted by Gasteiger charge is 2.49. The second kappa shape index (κ2) is 7.33. The quantitative estimate of drug-likeness (QED) is 0.683. The van der Waals surface area contributed by atoms with E-state index >= 15 is 0 Å². The summed E-state index contributed by atoms with van der Waals surface area (Å²) in [6.45, 7) is 3.18. The van der Waals surface area contributed by atoms with Gasteiger partial charge in [0.05, 0.1) is 24.5 Å². The summed E-state index contributed by atoms with van der Waals surface area (Å²) in [6, 6.07) is 4.71. The highest BCUT2D eigenvalue weighted by Crippen LogP contribution is 2.62. The number of nitrogens with one attached hydrogen (secondary N) is 1. The number of carbonyl (C=O) groups is 2. The SMILES string of the molecule is CC(=O)NCC1CN(c2ccc(N3CCC4(CC3)CS(O)(O)C4)c(F)c2)C(=O)O1. The van der Waals surface area contributed by atoms with Gasteiger partial charge in [0.25, 0.3) is 0 Å². The third-order valence-corrected chi connectivity index (χ3v) is 8.08. The molecule has 0 bridgehead atoms. The molecule has 3 aliphatic heterocycles. The van der Waals surface area contributed by atoms with E-state index in [1.165, 1.54) is 17.9 Å². The predicted molar refractivity (Wildman–Crippen MR) is 109 cm³/mol. The van der Waals surface area contributed by atoms with E-state index < -0.39 is 28.6 Å². The summed E-state index contributed by atoms with van der Waals surface area (Å²) >= 11 is 0. The third kappa shape index (κ3) is 4.15. The van der Waals surface area contributed by atoms with Gasteiger partial charge in [0, 0.05) is 36.9 Å². The fourth-order valence-electron chi connectivity index (χ4n) is 4.47. The molecule has 0 radical (unpaired) electrons. The molecule has 1 spiro atoms. The molecule has 1 unspecified atom stereocenters. The van der Waals surface area contributed by atoms with Crippen molar-refractivity contribution in [1.29, 1.82) is 0 Å². The van der Waals surface area contributed by atoms with Crippen LogP contribution < -0.4 is 15.1 Å². The molecule has 3 aliphatic rings. The zero-order chi connectivity index (χ0) is 20.8. The Kier molecular flexibility index (Phi) is 5.12. The van der Waals surface area contributed by atoms with Crippen molar-refractivity contribution in [1.82, 2.24) is 5.32 Å². The van der Waals surface area contributed by atoms with Gasteiger partial charge in [-0.2, -0.15) is 10.6 Å². The van der Waals surface area contributed by atoms with Crippen molar-refractivity contribution in [3.63, 3.8) is 0 Å². The smallest absolute Gasteiger partial charge is 0.414 e. The van der Waals surface area contributed by atoms with E-state index in [1.54, 1.807) is 12.1 Å². The topological polar surface area (TPSA) is 102 Å². The van der Waals surface area contributed by atoms with Gasteiger partial charge in [-0.1, -0.05) is 0 Å². The van der Waals surface area contributed by atoms with Gasteiger partial charge < -0.3 is 15.0 Å². The highest BCUT2D eigenvalue weighted by molar-refractivity contribution is 8.25. The van der Waals surface area contributed by atoms with Gasteiger partial charge in [-0.15, -0.1) is 0 Å². The number of carbonyl (C=O) groups excluding carboxylic acids is 2. The van der Waals surface area contributed by atoms with E-state index in [1.807, 2.05) is 4.90 Å². The van der Waals surface area contributed by atoms with Crippen LogP contribution >= 0.6 is 10.6 Å². The summed E-state index contributed by atoms with van der Waals surface area (Å²) in [4.78, 5) is 26.5. The number of piperidine rings is 1. The Morgan fingerprint density at radius 3 is 2.62 bits per heavy atom. The molecule has 10 heteroatoms. The monoisotopic (exact) mass is 427 g/mol. The molecular weight excluding hydrogens is 401 g/mol. The number of amides is 2. The minimum absolute atomic E-state index is 0.00597. The summed E-state index contributed by atoms with van der Waals surface area (Å²) in [7, 11) is -2.38. The second-order valence-corrected chi connectivity index (χ2v) is 10.4. The fraction of sp³-hybridized carbons (Fsp3) is 0.579. The van der Waals surface area contributed by atoms with Crippen LogP contribution in [0.1, 0.15) is 19.8 Å². The maximum atomic E-state index is 14.8. The van der Waals surface area contributed by atoms with Gasteiger partial charge in [0.1, 0.15) is 11.9 Å². The Balaban J connectivity index is 1.39. The van der Waals surface area contributed by atoms with E-state index in [-0.39, 0.29) is 24.4 Å². The van der Waals surface area contributed by atoms with E-state index in [9.17, 15) is 23.1 Å². The number of halogens is 1. The van der Waals surface area contributed by atoms with Crippen LogP contribution in [-0.4, -0.2) is 64.9 Å². The number of hydrogen-bond donors (Lipinski definition) is 3. The summed E-state index contributed by atoms with van der Waals surface area (Å²) in [5.41, 5.74) is 0.897. The van der Waals surface area contributed by atoms with Gasteiger partial charge in [0.15, 0.2) is 0 Å². The average Bonchev–Trinajstić information content (AvgIpc) is 3.00. The summed E-state index contributed by atoms with van der Waals surface area (Å²) in [5.74, 6) is 0.317. The predicted octanol–water partition coefficient (Wildman–Crippen LogP) is 2.64. The van der Waals surface area contributed by atoms with Crippen LogP contribution in [0.2, 0.25) is 0 Å². The first-order valence-corrected chi connectivity index (χ1v) is 11.6. The molecule has 0 saturated carbocycles. The van der Waals surface area contributed by atoms with E-state index in [0.29, 0.717) is 36.0 Å². The third-order valence-electron chi connectivity index (χ3n) is 5.94. The standard InChI is InChI=1S/C19H26FN3O5S/c1-13(24)21-9-15-10-23(18(25)28-15)14-2-3-17(16(20)8-14)22-6-4-19(5-7-22)11-29(26,27)12-19/h2-3,8,15,26-27H,4-7,9-12H2,1H3,(H,21,24). The molecule has 3 heterocycles. The maximum Gasteiger partial charge on any atom is 0.414 e. The zero-order valence-electron chi connectivity index (χ0n) is 16.3. The number of anilines is 2. The normalized spacial score (nSPS) is 26.1. The molecule has 4 rings (SSSR count). The van der Waals surface area contributed by atoms with Crippen molar-refractivity contribution in [2.45, 2.75) is 25.9 Å². The average molecular weight is 427 g/mol. The molecular formula is C19H26FN3O5S. The van der Waals surface area contributed by atoms with E-state index in [2.05, 4.69) is 5.32 Å². The second-order valence-electron chi connectivity index (χ2n) is 8.27. The lowest BCUT2D eigenvalue weighted by atomic mass is 9.81. The molecule has 1 aromatic rings. The Bertz CT molecular complexity index is 818. The number of benzene rings is 1. The molecule has 1 aromatic carbocycles. The van der Waals surface area contributed by atoms with Crippen molar-refractivity contribution in [3.8, 4) is 0 Å². The van der Waals surface area contributed by atoms with Crippen LogP contribution in [0, 0.1) is 11.2 Å².